The molecule has 0 aliphatic heterocycles. The fraction of sp³-hybridized carbons (Fsp3) is 0.278. The summed E-state index contributed by atoms with van der Waals surface area (Å²) in [5, 5.41) is 19.0. The number of carboxylic acid groups (broad SMARTS) is 2. The Labute approximate surface area is 149 Å². The van der Waals surface area contributed by atoms with Gasteiger partial charge >= 0.3 is 11.9 Å². The molecule has 0 fully saturated rings. The van der Waals surface area contributed by atoms with E-state index in [-0.39, 0.29) is 12.0 Å². The normalized spacial score (nSPS) is 12.3. The Morgan fingerprint density at radius 3 is 2.62 bits per heavy atom. The Kier molecular flexibility index (Phi) is 5.04. The Morgan fingerprint density at radius 1 is 1.15 bits per heavy atom. The molecule has 2 aromatic heterocycles. The molecule has 0 radical (unpaired) electrons. The zero-order chi connectivity index (χ0) is 18.7. The maximum Gasteiger partial charge on any atom is 0.337 e. The second-order valence-electron chi connectivity index (χ2n) is 6.14. The molecule has 3 rings (SSSR count). The number of carbonyl (C=O) groups is 2. The molecule has 1 aromatic carbocycles. The van der Waals surface area contributed by atoms with Gasteiger partial charge in [-0.1, -0.05) is 18.2 Å². The Bertz CT molecular complexity index is 944. The van der Waals surface area contributed by atoms with Gasteiger partial charge in [-0.15, -0.1) is 0 Å². The van der Waals surface area contributed by atoms with Crippen molar-refractivity contribution in [3.8, 4) is 0 Å². The van der Waals surface area contributed by atoms with Gasteiger partial charge in [-0.05, 0) is 12.5 Å². The molecule has 3 aromatic rings. The minimum atomic E-state index is -1.04. The van der Waals surface area contributed by atoms with Crippen LogP contribution < -0.4 is 5.73 Å². The molecule has 0 spiro atoms. The van der Waals surface area contributed by atoms with E-state index in [1.165, 1.54) is 0 Å². The number of carboxylic acids is 2. The molecular weight excluding hydrogens is 336 g/mol. The van der Waals surface area contributed by atoms with E-state index in [9.17, 15) is 14.7 Å². The quantitative estimate of drug-likeness (QED) is 0.563. The van der Waals surface area contributed by atoms with E-state index in [4.69, 9.17) is 10.8 Å². The molecule has 0 amide bonds. The highest BCUT2D eigenvalue weighted by molar-refractivity contribution is 6.03. The lowest BCUT2D eigenvalue weighted by atomic mass is 10.2. The van der Waals surface area contributed by atoms with Crippen molar-refractivity contribution >= 4 is 22.8 Å². The minimum Gasteiger partial charge on any atom is -0.480 e. The number of aromatic nitrogens is 3. The van der Waals surface area contributed by atoms with Gasteiger partial charge in [-0.3, -0.25) is 4.79 Å². The van der Waals surface area contributed by atoms with E-state index in [1.807, 2.05) is 27.3 Å². The maximum absolute atomic E-state index is 11.4. The van der Waals surface area contributed by atoms with Crippen LogP contribution in [0.5, 0.6) is 0 Å². The van der Waals surface area contributed by atoms with Crippen molar-refractivity contribution in [2.75, 3.05) is 0 Å². The zero-order valence-electron chi connectivity index (χ0n) is 14.1. The van der Waals surface area contributed by atoms with Gasteiger partial charge in [-0.25, -0.2) is 9.78 Å². The fourth-order valence-corrected chi connectivity index (χ4v) is 3.05. The van der Waals surface area contributed by atoms with E-state index < -0.39 is 18.0 Å². The number of aliphatic carboxylic acids is 1. The van der Waals surface area contributed by atoms with Crippen LogP contribution in [0.1, 0.15) is 22.5 Å². The first-order valence-corrected chi connectivity index (χ1v) is 8.26. The Balaban J connectivity index is 1.70. The number of para-hydroxylation sites is 1. The first kappa shape index (κ1) is 17.7. The van der Waals surface area contributed by atoms with Gasteiger partial charge < -0.3 is 25.1 Å². The summed E-state index contributed by atoms with van der Waals surface area (Å²) in [6.07, 6.45) is 5.88. The fourth-order valence-electron chi connectivity index (χ4n) is 3.05. The van der Waals surface area contributed by atoms with Crippen molar-refractivity contribution in [1.29, 1.82) is 0 Å². The standard InChI is InChI=1S/C18H20N4O4/c19-15(18(25)26)8-12-9-20-11-22(12)7-3-6-21-10-14(17(23)24)13-4-1-2-5-16(13)21/h1-2,4-5,9-11,15H,3,6-8,19H2,(H,23,24)(H,25,26). The number of imidazole rings is 1. The van der Waals surface area contributed by atoms with Crippen LogP contribution in [0.15, 0.2) is 43.0 Å². The second kappa shape index (κ2) is 7.40. The Morgan fingerprint density at radius 2 is 1.88 bits per heavy atom. The number of nitrogens with two attached hydrogens (primary N) is 1. The summed E-state index contributed by atoms with van der Waals surface area (Å²) in [5.74, 6) is -1.99. The van der Waals surface area contributed by atoms with Gasteiger partial charge in [0, 0.05) is 48.5 Å². The van der Waals surface area contributed by atoms with E-state index in [2.05, 4.69) is 4.98 Å². The van der Waals surface area contributed by atoms with Gasteiger partial charge in [-0.2, -0.15) is 0 Å². The van der Waals surface area contributed by atoms with Crippen LogP contribution in [0.25, 0.3) is 10.9 Å². The predicted molar refractivity (Wildman–Crippen MR) is 95.1 cm³/mol. The lowest BCUT2D eigenvalue weighted by Crippen LogP contribution is -2.33. The van der Waals surface area contributed by atoms with Crippen molar-refractivity contribution < 1.29 is 19.8 Å². The summed E-state index contributed by atoms with van der Waals surface area (Å²) < 4.78 is 3.81. The molecule has 1 atom stereocenters. The molecule has 0 saturated heterocycles. The molecule has 0 saturated carbocycles. The third kappa shape index (κ3) is 3.60. The van der Waals surface area contributed by atoms with E-state index in [0.717, 1.165) is 23.0 Å². The number of aryl methyl sites for hydroxylation is 2. The molecular formula is C18H20N4O4. The van der Waals surface area contributed by atoms with Crippen molar-refractivity contribution in [3.63, 3.8) is 0 Å². The summed E-state index contributed by atoms with van der Waals surface area (Å²) in [5.41, 5.74) is 7.52. The van der Waals surface area contributed by atoms with Crippen LogP contribution in [0.3, 0.4) is 0 Å². The molecule has 26 heavy (non-hydrogen) atoms. The maximum atomic E-state index is 11.4. The van der Waals surface area contributed by atoms with Gasteiger partial charge in [0.2, 0.25) is 0 Å². The van der Waals surface area contributed by atoms with Crippen LogP contribution in [-0.4, -0.2) is 42.3 Å². The molecule has 0 bridgehead atoms. The number of hydrogen-bond donors (Lipinski definition) is 3. The highest BCUT2D eigenvalue weighted by Crippen LogP contribution is 2.21. The number of hydrogen-bond acceptors (Lipinski definition) is 4. The van der Waals surface area contributed by atoms with Gasteiger partial charge in [0.15, 0.2) is 0 Å². The summed E-state index contributed by atoms with van der Waals surface area (Å²) in [6.45, 7) is 1.27. The molecule has 0 aliphatic rings. The van der Waals surface area contributed by atoms with Crippen LogP contribution in [0.4, 0.5) is 0 Å². The molecule has 2 heterocycles. The molecule has 8 heteroatoms. The highest BCUT2D eigenvalue weighted by atomic mass is 16.4. The van der Waals surface area contributed by atoms with E-state index in [1.54, 1.807) is 24.8 Å². The van der Waals surface area contributed by atoms with Crippen LogP contribution in [0.2, 0.25) is 0 Å². The topological polar surface area (TPSA) is 123 Å². The van der Waals surface area contributed by atoms with Crippen LogP contribution in [0, 0.1) is 0 Å². The molecule has 1 unspecified atom stereocenters. The SMILES string of the molecule is NC(Cc1cncn1CCCn1cc(C(=O)O)c2ccccc21)C(=O)O. The largest absolute Gasteiger partial charge is 0.480 e. The number of benzene rings is 1. The lowest BCUT2D eigenvalue weighted by molar-refractivity contribution is -0.138. The molecule has 8 nitrogen and oxygen atoms in total. The monoisotopic (exact) mass is 356 g/mol. The number of aromatic carboxylic acids is 1. The first-order chi connectivity index (χ1) is 12.5. The number of nitrogens with zero attached hydrogens (tertiary/aromatic N) is 3. The van der Waals surface area contributed by atoms with Crippen molar-refractivity contribution in [3.05, 3.63) is 54.2 Å². The first-order valence-electron chi connectivity index (χ1n) is 8.26. The number of rotatable bonds is 8. The second-order valence-corrected chi connectivity index (χ2v) is 6.14. The third-order valence-corrected chi connectivity index (χ3v) is 4.36. The smallest absolute Gasteiger partial charge is 0.337 e. The van der Waals surface area contributed by atoms with Crippen LogP contribution in [-0.2, 0) is 24.3 Å². The van der Waals surface area contributed by atoms with Gasteiger partial charge in [0.05, 0.1) is 11.9 Å². The molecule has 136 valence electrons. The highest BCUT2D eigenvalue weighted by Gasteiger charge is 2.16. The minimum absolute atomic E-state index is 0.213. The summed E-state index contributed by atoms with van der Waals surface area (Å²) >= 11 is 0. The average Bonchev–Trinajstić information content (AvgIpc) is 3.20. The van der Waals surface area contributed by atoms with Gasteiger partial charge in [0.25, 0.3) is 0 Å². The van der Waals surface area contributed by atoms with E-state index >= 15 is 0 Å². The van der Waals surface area contributed by atoms with Gasteiger partial charge in [0.1, 0.15) is 6.04 Å². The summed E-state index contributed by atoms with van der Waals surface area (Å²) in [4.78, 5) is 26.4. The van der Waals surface area contributed by atoms with Crippen molar-refractivity contribution in [2.45, 2.75) is 32.0 Å². The van der Waals surface area contributed by atoms with E-state index in [0.29, 0.717) is 13.1 Å². The molecule has 4 N–H and O–H groups in total. The summed E-state index contributed by atoms with van der Waals surface area (Å²) in [6, 6.07) is 6.44. The van der Waals surface area contributed by atoms with Crippen molar-refractivity contribution in [1.82, 2.24) is 14.1 Å². The predicted octanol–water partition coefficient (Wildman–Crippen LogP) is 1.58. The zero-order valence-corrected chi connectivity index (χ0v) is 14.1. The third-order valence-electron chi connectivity index (χ3n) is 4.36. The molecule has 0 aliphatic carbocycles. The lowest BCUT2D eigenvalue weighted by Gasteiger charge is -2.11. The van der Waals surface area contributed by atoms with Crippen molar-refractivity contribution in [2.24, 2.45) is 5.73 Å². The number of fused-ring (bicyclic) bond motifs is 1. The Hall–Kier alpha value is -3.13. The summed E-state index contributed by atoms with van der Waals surface area (Å²) in [7, 11) is 0. The average molecular weight is 356 g/mol. The van der Waals surface area contributed by atoms with Crippen LogP contribution >= 0.6 is 0 Å².